The van der Waals surface area contributed by atoms with Gasteiger partial charge in [-0.25, -0.2) is 22.7 Å². The van der Waals surface area contributed by atoms with E-state index in [1.165, 1.54) is 4.90 Å². The van der Waals surface area contributed by atoms with Gasteiger partial charge in [0.15, 0.2) is 5.82 Å². The van der Waals surface area contributed by atoms with E-state index in [0.717, 1.165) is 23.0 Å². The highest BCUT2D eigenvalue weighted by atomic mass is 19.4. The number of nitrogens with one attached hydrogen (secondary N) is 1. The summed E-state index contributed by atoms with van der Waals surface area (Å²) < 4.78 is 85.2. The van der Waals surface area contributed by atoms with Crippen molar-refractivity contribution in [2.75, 3.05) is 18.8 Å². The first-order valence-electron chi connectivity index (χ1n) is 11.6. The van der Waals surface area contributed by atoms with Gasteiger partial charge in [0, 0.05) is 29.7 Å². The van der Waals surface area contributed by atoms with Gasteiger partial charge in [0.25, 0.3) is 5.91 Å². The quantitative estimate of drug-likeness (QED) is 0.460. The molecule has 204 valence electrons. The minimum absolute atomic E-state index is 0.0376. The van der Waals surface area contributed by atoms with Gasteiger partial charge in [-0.1, -0.05) is 13.8 Å². The van der Waals surface area contributed by atoms with Crippen LogP contribution in [0.15, 0.2) is 24.5 Å². The number of amides is 2. The summed E-state index contributed by atoms with van der Waals surface area (Å²) in [6, 6.07) is 1.29. The summed E-state index contributed by atoms with van der Waals surface area (Å²) in [5.74, 6) is -2.98. The third-order valence-electron chi connectivity index (χ3n) is 6.26. The third-order valence-corrected chi connectivity index (χ3v) is 6.26. The monoisotopic (exact) mass is 542 g/mol. The van der Waals surface area contributed by atoms with Crippen LogP contribution in [0.5, 0.6) is 0 Å². The zero-order chi connectivity index (χ0) is 27.9. The van der Waals surface area contributed by atoms with Crippen molar-refractivity contribution in [1.82, 2.24) is 24.8 Å². The molecule has 0 bridgehead atoms. The van der Waals surface area contributed by atoms with E-state index in [1.54, 1.807) is 0 Å². The Morgan fingerprint density at radius 2 is 1.92 bits per heavy atom. The Bertz CT molecular complexity index is 1390. The Balaban J connectivity index is 1.71. The number of nitrogens with zero attached hydrogens (tertiary/aromatic N) is 4. The van der Waals surface area contributed by atoms with Gasteiger partial charge in [-0.05, 0) is 24.1 Å². The number of nitrogens with two attached hydrogens (primary N) is 1. The second kappa shape index (κ2) is 10.1. The van der Waals surface area contributed by atoms with Crippen LogP contribution in [0.2, 0.25) is 0 Å². The molecule has 1 saturated heterocycles. The number of carbonyl (C=O) groups excluding carboxylic acids is 2. The average molecular weight is 542 g/mol. The molecule has 1 fully saturated rings. The lowest BCUT2D eigenvalue weighted by molar-refractivity contribution is -0.136. The summed E-state index contributed by atoms with van der Waals surface area (Å²) in [6.45, 7) is 1.85. The molecule has 2 atom stereocenters. The number of halogens is 6. The smallest absolute Gasteiger partial charge is 0.382 e. The highest BCUT2D eigenvalue weighted by molar-refractivity contribution is 5.97. The van der Waals surface area contributed by atoms with Gasteiger partial charge < -0.3 is 16.0 Å². The number of nitrogen functional groups attached to an aromatic ring is 1. The van der Waals surface area contributed by atoms with Crippen molar-refractivity contribution in [3.8, 4) is 11.3 Å². The Hall–Kier alpha value is -3.84. The number of rotatable bonds is 6. The van der Waals surface area contributed by atoms with Crippen molar-refractivity contribution in [3.05, 3.63) is 47.0 Å². The highest BCUT2D eigenvalue weighted by Gasteiger charge is 2.38. The molecule has 1 aromatic carbocycles. The van der Waals surface area contributed by atoms with Crippen LogP contribution < -0.4 is 11.1 Å². The minimum atomic E-state index is -4.86. The second-order valence-corrected chi connectivity index (χ2v) is 9.46. The second-order valence-electron chi connectivity index (χ2n) is 9.46. The molecule has 0 aliphatic carbocycles. The van der Waals surface area contributed by atoms with Crippen LogP contribution in [0.25, 0.3) is 16.8 Å². The highest BCUT2D eigenvalue weighted by Crippen LogP contribution is 2.39. The maximum absolute atomic E-state index is 14.9. The van der Waals surface area contributed by atoms with E-state index in [9.17, 15) is 35.9 Å². The van der Waals surface area contributed by atoms with Gasteiger partial charge in [0.1, 0.15) is 30.5 Å². The molecule has 1 aliphatic rings. The van der Waals surface area contributed by atoms with Crippen LogP contribution in [0.3, 0.4) is 0 Å². The van der Waals surface area contributed by atoms with Gasteiger partial charge in [-0.15, -0.1) is 0 Å². The van der Waals surface area contributed by atoms with Gasteiger partial charge in [0.05, 0.1) is 23.8 Å². The zero-order valence-electron chi connectivity index (χ0n) is 20.3. The van der Waals surface area contributed by atoms with E-state index in [0.29, 0.717) is 6.07 Å². The molecular weight excluding hydrogens is 518 g/mol. The Morgan fingerprint density at radius 3 is 2.55 bits per heavy atom. The molecule has 14 heteroatoms. The molecule has 3 aromatic rings. The average Bonchev–Trinajstić information content (AvgIpc) is 3.40. The Morgan fingerprint density at radius 1 is 1.21 bits per heavy atom. The van der Waals surface area contributed by atoms with Crippen LogP contribution >= 0.6 is 0 Å². The fourth-order valence-electron chi connectivity index (χ4n) is 4.44. The minimum Gasteiger partial charge on any atom is -0.382 e. The van der Waals surface area contributed by atoms with E-state index in [1.807, 2.05) is 13.8 Å². The number of likely N-dealkylation sites (tertiary alicyclic amines) is 1. The number of alkyl halides is 5. The predicted molar refractivity (Wildman–Crippen MR) is 125 cm³/mol. The summed E-state index contributed by atoms with van der Waals surface area (Å²) in [4.78, 5) is 30.2. The van der Waals surface area contributed by atoms with E-state index >= 15 is 0 Å². The standard InChI is InChI=1S/C24H24F6N6O2/c1-11(2)3-20(37)35-8-17(27)18(9-35)34-23(38)13-4-12(5-16(26)14(13)7-25)19-6-15(24(28,29)30)21-22(31)32-10-33-36(19)21/h4-6,10-11,17-18H,3,7-9H2,1-2H3,(H,34,38)(H2,31,32,33)/t17-,18+/m0/s1. The molecular formula is C24H24F6N6O2. The summed E-state index contributed by atoms with van der Waals surface area (Å²) in [7, 11) is 0. The largest absolute Gasteiger partial charge is 0.418 e. The van der Waals surface area contributed by atoms with Gasteiger partial charge in [-0.2, -0.15) is 18.3 Å². The summed E-state index contributed by atoms with van der Waals surface area (Å²) in [5, 5.41) is 6.14. The molecule has 2 amide bonds. The molecule has 0 saturated carbocycles. The molecule has 3 N–H and O–H groups in total. The third kappa shape index (κ3) is 5.11. The van der Waals surface area contributed by atoms with Crippen molar-refractivity contribution >= 4 is 23.1 Å². The summed E-state index contributed by atoms with van der Waals surface area (Å²) >= 11 is 0. The maximum atomic E-state index is 14.9. The molecule has 2 aromatic heterocycles. The van der Waals surface area contributed by atoms with Crippen molar-refractivity contribution in [3.63, 3.8) is 0 Å². The molecule has 4 rings (SSSR count). The fraction of sp³-hybridized carbons (Fsp3) is 0.417. The Kier molecular flexibility index (Phi) is 7.26. The van der Waals surface area contributed by atoms with E-state index in [4.69, 9.17) is 5.73 Å². The number of anilines is 1. The summed E-state index contributed by atoms with van der Waals surface area (Å²) in [6.07, 6.45) is -5.40. The SMILES string of the molecule is CC(C)CC(=O)N1C[C@H](F)[C@H](NC(=O)c2cc(-c3cc(C(F)(F)F)c4c(N)ncnn34)cc(F)c2CF)C1. The van der Waals surface area contributed by atoms with Crippen molar-refractivity contribution in [1.29, 1.82) is 0 Å². The maximum Gasteiger partial charge on any atom is 0.418 e. The normalized spacial score (nSPS) is 18.0. The van der Waals surface area contributed by atoms with Crippen molar-refractivity contribution in [2.45, 2.75) is 45.3 Å². The lowest BCUT2D eigenvalue weighted by Gasteiger charge is -2.18. The Labute approximate surface area is 212 Å². The van der Waals surface area contributed by atoms with E-state index < -0.39 is 64.8 Å². The van der Waals surface area contributed by atoms with Crippen molar-refractivity contribution in [2.24, 2.45) is 5.92 Å². The lowest BCUT2D eigenvalue weighted by Crippen LogP contribution is -2.42. The van der Waals surface area contributed by atoms with Gasteiger partial charge in [-0.3, -0.25) is 9.59 Å². The number of aromatic nitrogens is 3. The molecule has 8 nitrogen and oxygen atoms in total. The first-order valence-corrected chi connectivity index (χ1v) is 11.6. The molecule has 3 heterocycles. The molecule has 0 unspecified atom stereocenters. The van der Waals surface area contributed by atoms with Gasteiger partial charge >= 0.3 is 6.18 Å². The van der Waals surface area contributed by atoms with Crippen LogP contribution in [-0.4, -0.2) is 56.6 Å². The van der Waals surface area contributed by atoms with Crippen molar-refractivity contribution < 1.29 is 35.9 Å². The number of carbonyl (C=O) groups is 2. The molecule has 0 radical (unpaired) electrons. The van der Waals surface area contributed by atoms with E-state index in [2.05, 4.69) is 15.4 Å². The summed E-state index contributed by atoms with van der Waals surface area (Å²) in [5.41, 5.74) is 2.17. The van der Waals surface area contributed by atoms with Crippen LogP contribution in [-0.2, 0) is 17.6 Å². The topological polar surface area (TPSA) is 106 Å². The first-order chi connectivity index (χ1) is 17.8. The number of benzene rings is 1. The first kappa shape index (κ1) is 27.2. The van der Waals surface area contributed by atoms with Crippen LogP contribution in [0.4, 0.5) is 32.2 Å². The lowest BCUT2D eigenvalue weighted by atomic mass is 10.0. The number of hydrogen-bond acceptors (Lipinski definition) is 5. The van der Waals surface area contributed by atoms with Crippen LogP contribution in [0.1, 0.15) is 41.8 Å². The molecule has 1 aliphatic heterocycles. The van der Waals surface area contributed by atoms with Gasteiger partial charge in [0.2, 0.25) is 5.91 Å². The van der Waals surface area contributed by atoms with Crippen LogP contribution in [0, 0.1) is 11.7 Å². The fourth-order valence-corrected chi connectivity index (χ4v) is 4.44. The van der Waals surface area contributed by atoms with E-state index in [-0.39, 0.29) is 42.6 Å². The molecule has 38 heavy (non-hydrogen) atoms. The number of hydrogen-bond donors (Lipinski definition) is 2. The molecule has 0 spiro atoms. The predicted octanol–water partition coefficient (Wildman–Crippen LogP) is 3.93. The zero-order valence-corrected chi connectivity index (χ0v) is 20.3. The number of fused-ring (bicyclic) bond motifs is 1.